The number of hydrogen-bond donors (Lipinski definition) is 1. The molecule has 0 radical (unpaired) electrons. The van der Waals surface area contributed by atoms with E-state index in [9.17, 15) is 4.79 Å². The molecule has 5 nitrogen and oxygen atoms in total. The second-order valence-electron chi connectivity index (χ2n) is 6.51. The van der Waals surface area contributed by atoms with Crippen molar-refractivity contribution in [2.75, 3.05) is 13.2 Å². The minimum atomic E-state index is -0.537. The third-order valence-corrected chi connectivity index (χ3v) is 5.80. The smallest absolute Gasteiger partial charge is 0.270 e. The van der Waals surface area contributed by atoms with Gasteiger partial charge in [-0.3, -0.25) is 4.79 Å². The van der Waals surface area contributed by atoms with E-state index in [0.717, 1.165) is 52.3 Å². The average molecular weight is 353 g/mol. The number of carbonyl (C=O) groups excluding carboxylic acids is 1. The van der Waals surface area contributed by atoms with Gasteiger partial charge in [-0.1, -0.05) is 29.8 Å². The summed E-state index contributed by atoms with van der Waals surface area (Å²) in [7, 11) is 0. The number of aryl methyl sites for hydroxylation is 1. The molecular formula is C19H19N3O2S. The predicted octanol–water partition coefficient (Wildman–Crippen LogP) is 3.34. The molecule has 1 aliphatic heterocycles. The standard InChI is InChI=1S/C19H19N3O2S/c1-11-2-4-13(5-3-11)16-9-14-15(8-12-6-7-24-10-12)21-22-17(19(20)23)18(14)25-16/h2-5,9,12H,6-8,10H2,1H3,(H2,20,23). The van der Waals surface area contributed by atoms with Crippen LogP contribution in [0.1, 0.15) is 28.2 Å². The van der Waals surface area contributed by atoms with Gasteiger partial charge in [-0.15, -0.1) is 16.4 Å². The first-order chi connectivity index (χ1) is 12.1. The number of nitrogens with two attached hydrogens (primary N) is 1. The molecule has 1 atom stereocenters. The molecule has 6 heteroatoms. The fraction of sp³-hybridized carbons (Fsp3) is 0.316. The van der Waals surface area contributed by atoms with Crippen LogP contribution in [0, 0.1) is 12.8 Å². The Bertz CT molecular complexity index is 928. The maximum atomic E-state index is 11.8. The molecule has 3 aromatic rings. The lowest BCUT2D eigenvalue weighted by Gasteiger charge is -2.08. The highest BCUT2D eigenvalue weighted by atomic mass is 32.1. The normalized spacial score (nSPS) is 17.2. The lowest BCUT2D eigenvalue weighted by atomic mass is 10.0. The van der Waals surface area contributed by atoms with Crippen LogP contribution in [0.2, 0.25) is 0 Å². The molecule has 1 amide bonds. The van der Waals surface area contributed by atoms with Crippen molar-refractivity contribution < 1.29 is 9.53 Å². The van der Waals surface area contributed by atoms with E-state index < -0.39 is 5.91 Å². The van der Waals surface area contributed by atoms with Gasteiger partial charge in [-0.05, 0) is 37.3 Å². The molecule has 128 valence electrons. The summed E-state index contributed by atoms with van der Waals surface area (Å²) in [5, 5.41) is 9.41. The highest BCUT2D eigenvalue weighted by Crippen LogP contribution is 2.37. The molecule has 25 heavy (non-hydrogen) atoms. The van der Waals surface area contributed by atoms with Crippen molar-refractivity contribution in [3.05, 3.63) is 47.3 Å². The summed E-state index contributed by atoms with van der Waals surface area (Å²) in [5.41, 5.74) is 9.02. The van der Waals surface area contributed by atoms with Crippen LogP contribution in [0.4, 0.5) is 0 Å². The van der Waals surface area contributed by atoms with Gasteiger partial charge in [-0.2, -0.15) is 5.10 Å². The number of hydrogen-bond acceptors (Lipinski definition) is 5. The molecule has 1 unspecified atom stereocenters. The Morgan fingerprint density at radius 3 is 2.80 bits per heavy atom. The molecule has 2 aromatic heterocycles. The number of ether oxygens (including phenoxy) is 1. The van der Waals surface area contributed by atoms with E-state index in [-0.39, 0.29) is 5.69 Å². The first-order valence-electron chi connectivity index (χ1n) is 8.35. The van der Waals surface area contributed by atoms with E-state index in [1.807, 2.05) is 0 Å². The molecule has 0 saturated carbocycles. The zero-order valence-corrected chi connectivity index (χ0v) is 14.8. The fourth-order valence-corrected chi connectivity index (χ4v) is 4.36. The van der Waals surface area contributed by atoms with E-state index in [2.05, 4.69) is 47.5 Å². The Morgan fingerprint density at radius 2 is 2.12 bits per heavy atom. The number of primary amides is 1. The van der Waals surface area contributed by atoms with Gasteiger partial charge in [0.05, 0.1) is 10.4 Å². The SMILES string of the molecule is Cc1ccc(-c2cc3c(CC4CCOC4)nnc(C(N)=O)c3s2)cc1. The molecule has 3 heterocycles. The van der Waals surface area contributed by atoms with Crippen molar-refractivity contribution >= 4 is 27.3 Å². The minimum absolute atomic E-state index is 0.254. The van der Waals surface area contributed by atoms with Crippen LogP contribution in [0.15, 0.2) is 30.3 Å². The Balaban J connectivity index is 1.82. The number of amides is 1. The Kier molecular flexibility index (Phi) is 4.23. The quantitative estimate of drug-likeness (QED) is 0.780. The van der Waals surface area contributed by atoms with Gasteiger partial charge >= 0.3 is 0 Å². The van der Waals surface area contributed by atoms with Gasteiger partial charge in [0.15, 0.2) is 5.69 Å². The second kappa shape index (κ2) is 6.54. The molecule has 1 fully saturated rings. The number of nitrogens with zero attached hydrogens (tertiary/aromatic N) is 2. The molecule has 4 rings (SSSR count). The van der Waals surface area contributed by atoms with Crippen molar-refractivity contribution in [1.29, 1.82) is 0 Å². The number of rotatable bonds is 4. The summed E-state index contributed by atoms with van der Waals surface area (Å²) >= 11 is 1.55. The monoisotopic (exact) mass is 353 g/mol. The molecule has 0 bridgehead atoms. The van der Waals surface area contributed by atoms with Gasteiger partial charge in [-0.25, -0.2) is 0 Å². The Morgan fingerprint density at radius 1 is 1.32 bits per heavy atom. The molecule has 1 saturated heterocycles. The summed E-state index contributed by atoms with van der Waals surface area (Å²) in [6.07, 6.45) is 1.85. The number of carbonyl (C=O) groups is 1. The van der Waals surface area contributed by atoms with Crippen molar-refractivity contribution in [1.82, 2.24) is 10.2 Å². The summed E-state index contributed by atoms with van der Waals surface area (Å²) < 4.78 is 6.30. The van der Waals surface area contributed by atoms with Crippen molar-refractivity contribution in [3.63, 3.8) is 0 Å². The van der Waals surface area contributed by atoms with Gasteiger partial charge < -0.3 is 10.5 Å². The van der Waals surface area contributed by atoms with E-state index in [1.54, 1.807) is 11.3 Å². The number of fused-ring (bicyclic) bond motifs is 1. The van der Waals surface area contributed by atoms with Crippen molar-refractivity contribution in [2.45, 2.75) is 19.8 Å². The van der Waals surface area contributed by atoms with Crippen LogP contribution in [-0.4, -0.2) is 29.3 Å². The number of thiophene rings is 1. The van der Waals surface area contributed by atoms with Crippen LogP contribution in [0.25, 0.3) is 20.5 Å². The summed E-state index contributed by atoms with van der Waals surface area (Å²) in [5.74, 6) is -0.0785. The average Bonchev–Trinajstić information content (AvgIpc) is 3.25. The number of benzene rings is 1. The maximum Gasteiger partial charge on any atom is 0.270 e. The molecule has 0 spiro atoms. The lowest BCUT2D eigenvalue weighted by Crippen LogP contribution is -2.15. The highest BCUT2D eigenvalue weighted by molar-refractivity contribution is 7.22. The van der Waals surface area contributed by atoms with Gasteiger partial charge in [0.1, 0.15) is 0 Å². The van der Waals surface area contributed by atoms with E-state index >= 15 is 0 Å². The van der Waals surface area contributed by atoms with Crippen LogP contribution < -0.4 is 5.73 Å². The Hall–Kier alpha value is -2.31. The lowest BCUT2D eigenvalue weighted by molar-refractivity contribution is 0.0996. The second-order valence-corrected chi connectivity index (χ2v) is 7.56. The summed E-state index contributed by atoms with van der Waals surface area (Å²) in [6.45, 7) is 3.63. The van der Waals surface area contributed by atoms with Crippen LogP contribution >= 0.6 is 11.3 Å². The maximum absolute atomic E-state index is 11.8. The predicted molar refractivity (Wildman–Crippen MR) is 98.7 cm³/mol. The van der Waals surface area contributed by atoms with Crippen LogP contribution in [-0.2, 0) is 11.2 Å². The molecule has 2 N–H and O–H groups in total. The molecule has 1 aromatic carbocycles. The van der Waals surface area contributed by atoms with E-state index in [4.69, 9.17) is 10.5 Å². The highest BCUT2D eigenvalue weighted by Gasteiger charge is 2.22. The zero-order chi connectivity index (χ0) is 17.4. The topological polar surface area (TPSA) is 78.1 Å². The van der Waals surface area contributed by atoms with E-state index in [0.29, 0.717) is 5.92 Å². The fourth-order valence-electron chi connectivity index (χ4n) is 3.18. The van der Waals surface area contributed by atoms with Crippen molar-refractivity contribution in [2.24, 2.45) is 11.7 Å². The van der Waals surface area contributed by atoms with Crippen molar-refractivity contribution in [3.8, 4) is 10.4 Å². The van der Waals surface area contributed by atoms with Crippen LogP contribution in [0.5, 0.6) is 0 Å². The zero-order valence-electron chi connectivity index (χ0n) is 14.0. The van der Waals surface area contributed by atoms with E-state index in [1.165, 1.54) is 5.56 Å². The molecule has 0 aliphatic carbocycles. The van der Waals surface area contributed by atoms with Crippen LogP contribution in [0.3, 0.4) is 0 Å². The summed E-state index contributed by atoms with van der Waals surface area (Å²) in [6, 6.07) is 10.5. The first-order valence-corrected chi connectivity index (χ1v) is 9.17. The Labute approximate surface area is 149 Å². The molecule has 1 aliphatic rings. The summed E-state index contributed by atoms with van der Waals surface area (Å²) in [4.78, 5) is 12.9. The largest absolute Gasteiger partial charge is 0.381 e. The first kappa shape index (κ1) is 16.2. The van der Waals surface area contributed by atoms with Gasteiger partial charge in [0.25, 0.3) is 5.91 Å². The van der Waals surface area contributed by atoms with Gasteiger partial charge in [0, 0.05) is 23.5 Å². The third-order valence-electron chi connectivity index (χ3n) is 4.60. The number of aromatic nitrogens is 2. The molecular weight excluding hydrogens is 334 g/mol. The third kappa shape index (κ3) is 3.15. The van der Waals surface area contributed by atoms with Gasteiger partial charge in [0.2, 0.25) is 0 Å². The minimum Gasteiger partial charge on any atom is -0.381 e.